The van der Waals surface area contributed by atoms with Gasteiger partial charge in [-0.3, -0.25) is 9.48 Å². The highest BCUT2D eigenvalue weighted by Crippen LogP contribution is 2.24. The summed E-state index contributed by atoms with van der Waals surface area (Å²) in [5.41, 5.74) is -2.21. The first kappa shape index (κ1) is 17.7. The Kier molecular flexibility index (Phi) is 4.49. The fourth-order valence-electron chi connectivity index (χ4n) is 1.70. The molecule has 0 unspecified atom stereocenters. The third-order valence-corrected chi connectivity index (χ3v) is 2.67. The van der Waals surface area contributed by atoms with Crippen LogP contribution in [0.3, 0.4) is 0 Å². The molecular weight excluding hydrogens is 354 g/mol. The molecule has 2 rings (SSSR count). The molecule has 0 aliphatic rings. The van der Waals surface area contributed by atoms with Gasteiger partial charge in [-0.1, -0.05) is 0 Å². The third kappa shape index (κ3) is 3.46. The minimum absolute atomic E-state index is 0.355. The number of carbonyl (C=O) groups excluding carboxylic acids is 1. The summed E-state index contributed by atoms with van der Waals surface area (Å²) < 4.78 is 103. The predicted octanol–water partition coefficient (Wildman–Crippen LogP) is 3.39. The second kappa shape index (κ2) is 6.09. The van der Waals surface area contributed by atoms with Crippen LogP contribution in [0.4, 0.5) is 40.8 Å². The van der Waals surface area contributed by atoms with Gasteiger partial charge in [-0.2, -0.15) is 18.3 Å². The summed E-state index contributed by atoms with van der Waals surface area (Å²) in [4.78, 5) is 11.7. The lowest BCUT2D eigenvalue weighted by Crippen LogP contribution is -2.19. The molecule has 0 radical (unpaired) electrons. The Balaban J connectivity index is 2.29. The average Bonchev–Trinajstić information content (AvgIpc) is 2.88. The van der Waals surface area contributed by atoms with Gasteiger partial charge in [0, 0.05) is 6.20 Å². The maximum Gasteiger partial charge on any atom is 0.408 e. The molecule has 24 heavy (non-hydrogen) atoms. The van der Waals surface area contributed by atoms with Crippen LogP contribution < -0.4 is 5.32 Å². The maximum atomic E-state index is 13.4. The monoisotopic (exact) mass is 359 g/mol. The topological polar surface area (TPSA) is 46.9 Å². The highest BCUT2D eigenvalue weighted by atomic mass is 19.4. The van der Waals surface area contributed by atoms with E-state index in [2.05, 4.69) is 5.10 Å². The number of nitrogens with one attached hydrogen (secondary N) is 1. The number of rotatable bonds is 3. The SMILES string of the molecule is O=C(Nc1cnn(CC(F)(F)F)c1)c1c(F)c(F)c(F)c(F)c1F. The number of halogens is 8. The first-order valence-electron chi connectivity index (χ1n) is 5.93. The van der Waals surface area contributed by atoms with E-state index in [0.29, 0.717) is 17.1 Å². The summed E-state index contributed by atoms with van der Waals surface area (Å²) in [5, 5.41) is 4.92. The van der Waals surface area contributed by atoms with Crippen LogP contribution in [-0.4, -0.2) is 21.9 Å². The number of carbonyl (C=O) groups is 1. The van der Waals surface area contributed by atoms with Crippen molar-refractivity contribution in [3.8, 4) is 0 Å². The summed E-state index contributed by atoms with van der Waals surface area (Å²) in [6.45, 7) is -1.51. The zero-order chi connectivity index (χ0) is 18.2. The van der Waals surface area contributed by atoms with Gasteiger partial charge >= 0.3 is 6.18 Å². The van der Waals surface area contributed by atoms with Crippen LogP contribution in [0.15, 0.2) is 12.4 Å². The van der Waals surface area contributed by atoms with Gasteiger partial charge < -0.3 is 5.32 Å². The van der Waals surface area contributed by atoms with E-state index in [4.69, 9.17) is 0 Å². The van der Waals surface area contributed by atoms with Crippen LogP contribution in [-0.2, 0) is 6.54 Å². The van der Waals surface area contributed by atoms with Crippen molar-refractivity contribution in [2.45, 2.75) is 12.7 Å². The summed E-state index contributed by atoms with van der Waals surface area (Å²) in [6.07, 6.45) is -3.25. The van der Waals surface area contributed by atoms with Gasteiger partial charge in [0.15, 0.2) is 23.3 Å². The molecule has 0 saturated heterocycles. The van der Waals surface area contributed by atoms with Crippen molar-refractivity contribution in [3.63, 3.8) is 0 Å². The van der Waals surface area contributed by atoms with Crippen LogP contribution in [0, 0.1) is 29.1 Å². The van der Waals surface area contributed by atoms with E-state index in [9.17, 15) is 39.9 Å². The van der Waals surface area contributed by atoms with Crippen molar-refractivity contribution in [2.75, 3.05) is 5.32 Å². The normalized spacial score (nSPS) is 11.7. The van der Waals surface area contributed by atoms with Gasteiger partial charge in [0.1, 0.15) is 12.1 Å². The smallest absolute Gasteiger partial charge is 0.319 e. The van der Waals surface area contributed by atoms with Crippen LogP contribution >= 0.6 is 0 Å². The number of aromatic nitrogens is 2. The second-order valence-electron chi connectivity index (χ2n) is 4.44. The molecule has 1 N–H and O–H groups in total. The summed E-state index contributed by atoms with van der Waals surface area (Å²) >= 11 is 0. The predicted molar refractivity (Wildman–Crippen MR) is 62.5 cm³/mol. The largest absolute Gasteiger partial charge is 0.408 e. The van der Waals surface area contributed by atoms with Gasteiger partial charge in [-0.25, -0.2) is 22.0 Å². The van der Waals surface area contributed by atoms with E-state index in [1.165, 1.54) is 0 Å². The summed E-state index contributed by atoms with van der Waals surface area (Å²) in [6, 6.07) is 0. The molecule has 4 nitrogen and oxygen atoms in total. The molecule has 0 spiro atoms. The van der Waals surface area contributed by atoms with Gasteiger partial charge in [0.2, 0.25) is 5.82 Å². The Bertz CT molecular complexity index is 769. The van der Waals surface area contributed by atoms with Crippen molar-refractivity contribution in [2.24, 2.45) is 0 Å². The number of anilines is 1. The highest BCUT2D eigenvalue weighted by Gasteiger charge is 2.31. The lowest BCUT2D eigenvalue weighted by Gasteiger charge is -2.08. The van der Waals surface area contributed by atoms with Crippen molar-refractivity contribution in [3.05, 3.63) is 47.0 Å². The molecule has 12 heteroatoms. The maximum absolute atomic E-state index is 13.4. The van der Waals surface area contributed by atoms with E-state index in [-0.39, 0.29) is 0 Å². The highest BCUT2D eigenvalue weighted by molar-refractivity contribution is 6.04. The van der Waals surface area contributed by atoms with Gasteiger partial charge in [0.05, 0.1) is 11.9 Å². The number of benzene rings is 1. The van der Waals surface area contributed by atoms with E-state index in [1.54, 1.807) is 5.32 Å². The van der Waals surface area contributed by atoms with E-state index in [0.717, 1.165) is 0 Å². The molecular formula is C12H5F8N3O. The molecule has 0 bridgehead atoms. The summed E-state index contributed by atoms with van der Waals surface area (Å²) in [7, 11) is 0. The third-order valence-electron chi connectivity index (χ3n) is 2.67. The van der Waals surface area contributed by atoms with Crippen LogP contribution in [0.2, 0.25) is 0 Å². The number of hydrogen-bond donors (Lipinski definition) is 1. The van der Waals surface area contributed by atoms with Gasteiger partial charge in [0.25, 0.3) is 5.91 Å². The van der Waals surface area contributed by atoms with Crippen LogP contribution in [0.1, 0.15) is 10.4 Å². The molecule has 2 aromatic rings. The van der Waals surface area contributed by atoms with Crippen molar-refractivity contribution in [1.82, 2.24) is 9.78 Å². The zero-order valence-corrected chi connectivity index (χ0v) is 11.2. The molecule has 0 aliphatic carbocycles. The molecule has 1 aromatic carbocycles. The van der Waals surface area contributed by atoms with Crippen molar-refractivity contribution >= 4 is 11.6 Å². The Hall–Kier alpha value is -2.66. The molecule has 1 amide bonds. The Morgan fingerprint density at radius 1 is 1.00 bits per heavy atom. The van der Waals surface area contributed by atoms with E-state index < -0.39 is 59.0 Å². The summed E-state index contributed by atoms with van der Waals surface area (Å²) in [5.74, 6) is -13.6. The van der Waals surface area contributed by atoms with Crippen LogP contribution in [0.25, 0.3) is 0 Å². The minimum atomic E-state index is -4.62. The minimum Gasteiger partial charge on any atom is -0.319 e. The zero-order valence-electron chi connectivity index (χ0n) is 11.2. The molecule has 0 fully saturated rings. The quantitative estimate of drug-likeness (QED) is 0.519. The van der Waals surface area contributed by atoms with Crippen LogP contribution in [0.5, 0.6) is 0 Å². The molecule has 1 heterocycles. The number of amides is 1. The average molecular weight is 359 g/mol. The van der Waals surface area contributed by atoms with Crippen molar-refractivity contribution < 1.29 is 39.9 Å². The van der Waals surface area contributed by atoms with E-state index in [1.807, 2.05) is 0 Å². The molecule has 0 saturated carbocycles. The first-order chi connectivity index (χ1) is 11.0. The Labute approximate surface area is 127 Å². The first-order valence-corrected chi connectivity index (χ1v) is 5.93. The fourth-order valence-corrected chi connectivity index (χ4v) is 1.70. The number of alkyl halides is 3. The molecule has 0 atom stereocenters. The van der Waals surface area contributed by atoms with Gasteiger partial charge in [-0.15, -0.1) is 0 Å². The molecule has 1 aromatic heterocycles. The van der Waals surface area contributed by atoms with E-state index >= 15 is 0 Å². The number of hydrogen-bond acceptors (Lipinski definition) is 2. The number of nitrogens with zero attached hydrogens (tertiary/aromatic N) is 2. The Morgan fingerprint density at radius 3 is 2.00 bits per heavy atom. The fraction of sp³-hybridized carbons (Fsp3) is 0.167. The van der Waals surface area contributed by atoms with Crippen molar-refractivity contribution in [1.29, 1.82) is 0 Å². The molecule has 0 aliphatic heterocycles. The second-order valence-corrected chi connectivity index (χ2v) is 4.44. The van der Waals surface area contributed by atoms with Gasteiger partial charge in [-0.05, 0) is 0 Å². The lowest BCUT2D eigenvalue weighted by molar-refractivity contribution is -0.142. The standard InChI is InChI=1S/C12H5F8N3O/c13-6-5(7(14)9(16)10(17)8(6)15)11(24)22-4-1-21-23(2-4)3-12(18,19)20/h1-2H,3H2,(H,22,24). The Morgan fingerprint density at radius 2 is 1.50 bits per heavy atom. The lowest BCUT2D eigenvalue weighted by atomic mass is 10.1. The molecule has 130 valence electrons.